The van der Waals surface area contributed by atoms with Crippen molar-refractivity contribution in [1.29, 1.82) is 0 Å². The number of fused-ring (bicyclic) bond motifs is 1. The number of carbonyl (C=O) groups is 1. The molecule has 0 amide bonds. The first-order valence-corrected chi connectivity index (χ1v) is 4.59. The van der Waals surface area contributed by atoms with Gasteiger partial charge in [-0.2, -0.15) is 0 Å². The van der Waals surface area contributed by atoms with Crippen molar-refractivity contribution < 1.29 is 30.0 Å². The zero-order valence-corrected chi connectivity index (χ0v) is 10.5. The predicted molar refractivity (Wildman–Crippen MR) is 55.9 cm³/mol. The Hall–Kier alpha value is -1.02. The maximum absolute atomic E-state index is 11.2. The number of ether oxygens (including phenoxy) is 1. The molecule has 0 N–H and O–H groups in total. The van der Waals surface area contributed by atoms with Gasteiger partial charge in [-0.15, -0.1) is 0 Å². The first kappa shape index (κ1) is 13.0. The maximum atomic E-state index is 11.2. The standard InChI is InChI=1S/C10H7ClN2O2.Pd/c1-15-10(14)6-2-3-7-8(4-6)12-5-9(11)13-7;/h2-5H,1H3;. The van der Waals surface area contributed by atoms with Gasteiger partial charge in [-0.05, 0) is 18.2 Å². The van der Waals surface area contributed by atoms with Crippen LogP contribution in [0.4, 0.5) is 0 Å². The van der Waals surface area contributed by atoms with Gasteiger partial charge in [0, 0.05) is 20.4 Å². The van der Waals surface area contributed by atoms with E-state index in [9.17, 15) is 4.79 Å². The van der Waals surface area contributed by atoms with Gasteiger partial charge in [-0.3, -0.25) is 4.98 Å². The number of esters is 1. The predicted octanol–water partition coefficient (Wildman–Crippen LogP) is 2.07. The van der Waals surface area contributed by atoms with Crippen molar-refractivity contribution in [3.63, 3.8) is 0 Å². The summed E-state index contributed by atoms with van der Waals surface area (Å²) in [4.78, 5) is 19.3. The zero-order chi connectivity index (χ0) is 10.8. The average molecular weight is 329 g/mol. The Morgan fingerprint density at radius 1 is 1.38 bits per heavy atom. The van der Waals surface area contributed by atoms with E-state index < -0.39 is 5.97 Å². The van der Waals surface area contributed by atoms with Crippen molar-refractivity contribution >= 4 is 28.6 Å². The van der Waals surface area contributed by atoms with Crippen LogP contribution in [0.1, 0.15) is 10.4 Å². The number of hydrogen-bond donors (Lipinski definition) is 0. The van der Waals surface area contributed by atoms with E-state index in [2.05, 4.69) is 14.7 Å². The third-order valence-corrected chi connectivity index (χ3v) is 2.12. The molecular weight excluding hydrogens is 322 g/mol. The van der Waals surface area contributed by atoms with E-state index >= 15 is 0 Å². The second-order valence-electron chi connectivity index (χ2n) is 2.89. The number of benzene rings is 1. The molecule has 0 aliphatic heterocycles. The molecule has 0 saturated heterocycles. The van der Waals surface area contributed by atoms with Gasteiger partial charge >= 0.3 is 5.97 Å². The molecule has 16 heavy (non-hydrogen) atoms. The molecule has 1 aromatic carbocycles. The number of rotatable bonds is 1. The second kappa shape index (κ2) is 5.35. The third-order valence-electron chi connectivity index (χ3n) is 1.93. The van der Waals surface area contributed by atoms with Crippen LogP contribution in [0.25, 0.3) is 11.0 Å². The Labute approximate surface area is 111 Å². The molecule has 0 aliphatic carbocycles. The Kier molecular flexibility index (Phi) is 4.37. The first-order chi connectivity index (χ1) is 7.20. The SMILES string of the molecule is COC(=O)c1ccc2nc(Cl)cnc2c1.[Pd]. The Morgan fingerprint density at radius 2 is 2.12 bits per heavy atom. The van der Waals surface area contributed by atoms with Crippen LogP contribution < -0.4 is 0 Å². The first-order valence-electron chi connectivity index (χ1n) is 4.21. The third kappa shape index (κ3) is 2.56. The van der Waals surface area contributed by atoms with Crippen LogP contribution in [0.15, 0.2) is 24.4 Å². The van der Waals surface area contributed by atoms with E-state index in [0.29, 0.717) is 21.7 Å². The fraction of sp³-hybridized carbons (Fsp3) is 0.100. The number of carbonyl (C=O) groups excluding carboxylic acids is 1. The normalized spacial score (nSPS) is 9.62. The van der Waals surface area contributed by atoms with Crippen LogP contribution >= 0.6 is 11.6 Å². The van der Waals surface area contributed by atoms with Gasteiger partial charge in [0.1, 0.15) is 5.15 Å². The summed E-state index contributed by atoms with van der Waals surface area (Å²) >= 11 is 5.68. The largest absolute Gasteiger partial charge is 0.465 e. The van der Waals surface area contributed by atoms with E-state index in [0.717, 1.165) is 0 Å². The molecule has 0 aliphatic rings. The molecule has 1 aromatic heterocycles. The molecule has 0 atom stereocenters. The van der Waals surface area contributed by atoms with Crippen LogP contribution in [0, 0.1) is 0 Å². The molecule has 0 radical (unpaired) electrons. The summed E-state index contributed by atoms with van der Waals surface area (Å²) in [6, 6.07) is 4.92. The second-order valence-corrected chi connectivity index (χ2v) is 3.28. The van der Waals surface area contributed by atoms with Gasteiger partial charge in [0.25, 0.3) is 0 Å². The summed E-state index contributed by atoms with van der Waals surface area (Å²) in [5, 5.41) is 0.327. The van der Waals surface area contributed by atoms with Gasteiger partial charge in [-0.1, -0.05) is 11.6 Å². The molecule has 0 bridgehead atoms. The van der Waals surface area contributed by atoms with Crippen molar-refractivity contribution in [3.8, 4) is 0 Å². The number of nitrogens with zero attached hydrogens (tertiary/aromatic N) is 2. The summed E-state index contributed by atoms with van der Waals surface area (Å²) < 4.78 is 4.60. The van der Waals surface area contributed by atoms with E-state index in [1.54, 1.807) is 18.2 Å². The molecule has 0 fully saturated rings. The fourth-order valence-corrected chi connectivity index (χ4v) is 1.37. The minimum Gasteiger partial charge on any atom is -0.465 e. The number of aromatic nitrogens is 2. The summed E-state index contributed by atoms with van der Waals surface area (Å²) in [6.07, 6.45) is 1.44. The minimum atomic E-state index is -0.395. The molecular formula is C10H7ClN2O2Pd. The molecule has 0 unspecified atom stereocenters. The molecule has 6 heteroatoms. The van der Waals surface area contributed by atoms with Crippen molar-refractivity contribution in [3.05, 3.63) is 35.1 Å². The quantitative estimate of drug-likeness (QED) is 0.594. The van der Waals surface area contributed by atoms with Gasteiger partial charge in [0.2, 0.25) is 0 Å². The van der Waals surface area contributed by atoms with Gasteiger partial charge < -0.3 is 4.74 Å². The Balaban J connectivity index is 0.00000128. The molecule has 1 heterocycles. The van der Waals surface area contributed by atoms with Crippen LogP contribution in [0.3, 0.4) is 0 Å². The molecule has 2 rings (SSSR count). The maximum Gasteiger partial charge on any atom is 0.337 e. The summed E-state index contributed by atoms with van der Waals surface area (Å²) in [5.41, 5.74) is 1.71. The smallest absolute Gasteiger partial charge is 0.337 e. The zero-order valence-electron chi connectivity index (χ0n) is 8.21. The van der Waals surface area contributed by atoms with Gasteiger partial charge in [0.15, 0.2) is 0 Å². The fourth-order valence-electron chi connectivity index (χ4n) is 1.23. The summed E-state index contributed by atoms with van der Waals surface area (Å²) in [5.74, 6) is -0.395. The van der Waals surface area contributed by atoms with Crippen molar-refractivity contribution in [2.75, 3.05) is 7.11 Å². The number of halogens is 1. The van der Waals surface area contributed by atoms with Crippen molar-refractivity contribution in [1.82, 2.24) is 9.97 Å². The molecule has 86 valence electrons. The summed E-state index contributed by atoms with van der Waals surface area (Å²) in [6.45, 7) is 0. The number of methoxy groups -OCH3 is 1. The van der Waals surface area contributed by atoms with Gasteiger partial charge in [-0.25, -0.2) is 9.78 Å². The van der Waals surface area contributed by atoms with Gasteiger partial charge in [0.05, 0.1) is 29.9 Å². The summed E-state index contributed by atoms with van der Waals surface area (Å²) in [7, 11) is 1.33. The average Bonchev–Trinajstić information content (AvgIpc) is 2.27. The topological polar surface area (TPSA) is 52.1 Å². The van der Waals surface area contributed by atoms with E-state index in [1.807, 2.05) is 0 Å². The molecule has 0 spiro atoms. The molecule has 4 nitrogen and oxygen atoms in total. The monoisotopic (exact) mass is 328 g/mol. The molecule has 0 saturated carbocycles. The van der Waals surface area contributed by atoms with Crippen LogP contribution in [-0.4, -0.2) is 23.0 Å². The minimum absolute atomic E-state index is 0. The van der Waals surface area contributed by atoms with E-state index in [1.165, 1.54) is 13.3 Å². The number of hydrogen-bond acceptors (Lipinski definition) is 4. The van der Waals surface area contributed by atoms with Crippen LogP contribution in [0.5, 0.6) is 0 Å². The van der Waals surface area contributed by atoms with Crippen molar-refractivity contribution in [2.24, 2.45) is 0 Å². The van der Waals surface area contributed by atoms with Crippen molar-refractivity contribution in [2.45, 2.75) is 0 Å². The Bertz CT molecular complexity index is 533. The molecule has 2 aromatic rings. The van der Waals surface area contributed by atoms with E-state index in [4.69, 9.17) is 11.6 Å². The van der Waals surface area contributed by atoms with E-state index in [-0.39, 0.29) is 20.4 Å². The Morgan fingerprint density at radius 3 is 2.81 bits per heavy atom. The van der Waals surface area contributed by atoms with Crippen LogP contribution in [-0.2, 0) is 25.2 Å². The van der Waals surface area contributed by atoms with Crippen LogP contribution in [0.2, 0.25) is 5.15 Å².